The molecular weight excluding hydrogens is 242 g/mol. The van der Waals surface area contributed by atoms with Gasteiger partial charge in [0.15, 0.2) is 0 Å². The summed E-state index contributed by atoms with van der Waals surface area (Å²) >= 11 is 0. The normalized spacial score (nSPS) is 10.4. The number of hydrogen-bond donors (Lipinski definition) is 1. The number of amides is 1. The third-order valence-electron chi connectivity index (χ3n) is 2.40. The number of likely N-dealkylation sites (N-methyl/N-ethyl adjacent to an activating group) is 1. The summed E-state index contributed by atoms with van der Waals surface area (Å²) in [6.45, 7) is 8.79. The molecule has 0 radical (unpaired) electrons. The van der Waals surface area contributed by atoms with Gasteiger partial charge in [0.05, 0.1) is 6.61 Å². The first-order chi connectivity index (χ1) is 9.20. The van der Waals surface area contributed by atoms with Gasteiger partial charge in [0, 0.05) is 13.7 Å². The van der Waals surface area contributed by atoms with E-state index >= 15 is 0 Å². The highest BCUT2D eigenvalue weighted by Crippen LogP contribution is 2.03. The van der Waals surface area contributed by atoms with Crippen LogP contribution in [0.15, 0.2) is 37.1 Å². The molecule has 0 heterocycles. The quantitative estimate of drug-likeness (QED) is 0.336. The fraction of sp³-hybridized carbons (Fsp3) is 0.533. The van der Waals surface area contributed by atoms with E-state index in [1.165, 1.54) is 0 Å². The van der Waals surface area contributed by atoms with Crippen molar-refractivity contribution >= 4 is 5.91 Å². The Morgan fingerprint density at radius 1 is 1.21 bits per heavy atom. The summed E-state index contributed by atoms with van der Waals surface area (Å²) < 4.78 is 10.6. The van der Waals surface area contributed by atoms with Crippen molar-refractivity contribution < 1.29 is 14.3 Å². The number of carbonyl (C=O) groups excluding carboxylic acids is 1. The molecule has 0 aromatic heterocycles. The Kier molecular flexibility index (Phi) is 11.8. The molecule has 0 aliphatic heterocycles. The smallest absolute Gasteiger partial charge is 0.245 e. The molecule has 0 saturated carbocycles. The molecule has 0 fully saturated rings. The predicted molar refractivity (Wildman–Crippen MR) is 77.8 cm³/mol. The van der Waals surface area contributed by atoms with Gasteiger partial charge in [-0.05, 0) is 25.3 Å². The molecule has 1 amide bonds. The second-order valence-corrected chi connectivity index (χ2v) is 4.05. The summed E-state index contributed by atoms with van der Waals surface area (Å²) in [5, 5.41) is 2.51. The zero-order chi connectivity index (χ0) is 14.3. The molecular formula is C15H25NO3. The maximum Gasteiger partial charge on any atom is 0.245 e. The van der Waals surface area contributed by atoms with Crippen LogP contribution in [0.4, 0.5) is 0 Å². The van der Waals surface area contributed by atoms with E-state index in [1.54, 1.807) is 25.3 Å². The number of unbranched alkanes of at least 4 members (excludes halogenated alkanes) is 3. The highest BCUT2D eigenvalue weighted by atomic mass is 16.5. The molecule has 0 aromatic carbocycles. The molecule has 0 unspecified atom stereocenters. The van der Waals surface area contributed by atoms with Gasteiger partial charge in [-0.15, -0.1) is 0 Å². The van der Waals surface area contributed by atoms with Gasteiger partial charge >= 0.3 is 0 Å². The summed E-state index contributed by atoms with van der Waals surface area (Å²) in [4.78, 5) is 10.9. The van der Waals surface area contributed by atoms with Gasteiger partial charge in [0.1, 0.15) is 12.4 Å². The van der Waals surface area contributed by atoms with E-state index in [1.807, 2.05) is 0 Å². The molecule has 0 atom stereocenters. The van der Waals surface area contributed by atoms with Crippen molar-refractivity contribution in [3.8, 4) is 0 Å². The van der Waals surface area contributed by atoms with Crippen LogP contribution in [0, 0.1) is 0 Å². The van der Waals surface area contributed by atoms with Gasteiger partial charge in [-0.2, -0.15) is 0 Å². The van der Waals surface area contributed by atoms with Crippen LogP contribution < -0.4 is 5.32 Å². The topological polar surface area (TPSA) is 47.6 Å². The standard InChI is InChI=1S/C15H25NO3/c1-4-5-10-14(2)19-12-9-7-6-8-11-18-13-15(17)16-3/h4-5,10H,1-2,6-9,11-13H2,3H3,(H,16,17)/b10-5-. The number of rotatable bonds is 12. The first-order valence-corrected chi connectivity index (χ1v) is 6.59. The van der Waals surface area contributed by atoms with Gasteiger partial charge in [-0.1, -0.05) is 31.7 Å². The predicted octanol–water partition coefficient (Wildman–Crippen LogP) is 2.58. The molecule has 4 nitrogen and oxygen atoms in total. The fourth-order valence-corrected chi connectivity index (χ4v) is 1.32. The maximum atomic E-state index is 10.9. The minimum atomic E-state index is -0.0838. The second-order valence-electron chi connectivity index (χ2n) is 4.05. The van der Waals surface area contributed by atoms with E-state index in [0.717, 1.165) is 25.7 Å². The van der Waals surface area contributed by atoms with E-state index in [-0.39, 0.29) is 12.5 Å². The van der Waals surface area contributed by atoms with Crippen LogP contribution in [-0.2, 0) is 14.3 Å². The highest BCUT2D eigenvalue weighted by molar-refractivity contribution is 5.76. The zero-order valence-corrected chi connectivity index (χ0v) is 11.8. The van der Waals surface area contributed by atoms with Gasteiger partial charge in [-0.25, -0.2) is 0 Å². The van der Waals surface area contributed by atoms with Crippen molar-refractivity contribution in [3.05, 3.63) is 37.1 Å². The average molecular weight is 267 g/mol. The van der Waals surface area contributed by atoms with Crippen LogP contribution in [0.5, 0.6) is 0 Å². The second kappa shape index (κ2) is 12.9. The number of ether oxygens (including phenoxy) is 2. The molecule has 19 heavy (non-hydrogen) atoms. The molecule has 0 rings (SSSR count). The minimum absolute atomic E-state index is 0.0838. The van der Waals surface area contributed by atoms with Crippen LogP contribution >= 0.6 is 0 Å². The van der Waals surface area contributed by atoms with Crippen LogP contribution in [0.3, 0.4) is 0 Å². The van der Waals surface area contributed by atoms with Crippen molar-refractivity contribution in [1.82, 2.24) is 5.32 Å². The Bertz CT molecular complexity index is 298. The van der Waals surface area contributed by atoms with Gasteiger partial charge in [0.25, 0.3) is 0 Å². The number of allylic oxidation sites excluding steroid dienone is 3. The van der Waals surface area contributed by atoms with Gasteiger partial charge in [-0.3, -0.25) is 4.79 Å². The van der Waals surface area contributed by atoms with E-state index in [4.69, 9.17) is 9.47 Å². The lowest BCUT2D eigenvalue weighted by Crippen LogP contribution is -2.23. The monoisotopic (exact) mass is 267 g/mol. The Balaban J connectivity index is 3.23. The third kappa shape index (κ3) is 12.7. The lowest BCUT2D eigenvalue weighted by molar-refractivity contribution is -0.125. The maximum absolute atomic E-state index is 10.9. The summed E-state index contributed by atoms with van der Waals surface area (Å²) in [5.41, 5.74) is 0. The van der Waals surface area contributed by atoms with E-state index in [0.29, 0.717) is 19.0 Å². The third-order valence-corrected chi connectivity index (χ3v) is 2.40. The molecule has 0 saturated heterocycles. The van der Waals surface area contributed by atoms with Crippen LogP contribution in [0.2, 0.25) is 0 Å². The zero-order valence-electron chi connectivity index (χ0n) is 11.8. The largest absolute Gasteiger partial charge is 0.494 e. The Labute approximate surface area is 116 Å². The molecule has 0 aromatic rings. The minimum Gasteiger partial charge on any atom is -0.494 e. The molecule has 4 heteroatoms. The summed E-state index contributed by atoms with van der Waals surface area (Å²) in [6.07, 6.45) is 9.40. The highest BCUT2D eigenvalue weighted by Gasteiger charge is 1.97. The van der Waals surface area contributed by atoms with Crippen LogP contribution in [0.25, 0.3) is 0 Å². The Morgan fingerprint density at radius 2 is 1.89 bits per heavy atom. The number of nitrogens with one attached hydrogen (secondary N) is 1. The molecule has 0 spiro atoms. The van der Waals surface area contributed by atoms with Crippen molar-refractivity contribution in [2.75, 3.05) is 26.9 Å². The lowest BCUT2D eigenvalue weighted by atomic mass is 10.2. The molecule has 0 aliphatic rings. The summed E-state index contributed by atoms with van der Waals surface area (Å²) in [7, 11) is 1.60. The SMILES string of the molecule is C=C/C=C\C(=C)OCCCCCCOCC(=O)NC. The van der Waals surface area contributed by atoms with Crippen LogP contribution in [0.1, 0.15) is 25.7 Å². The van der Waals surface area contributed by atoms with E-state index in [9.17, 15) is 4.79 Å². The fourth-order valence-electron chi connectivity index (χ4n) is 1.32. The Morgan fingerprint density at radius 3 is 2.53 bits per heavy atom. The molecule has 0 aliphatic carbocycles. The lowest BCUT2D eigenvalue weighted by Gasteiger charge is -2.06. The number of carbonyl (C=O) groups is 1. The van der Waals surface area contributed by atoms with Crippen molar-refractivity contribution in [3.63, 3.8) is 0 Å². The molecule has 1 N–H and O–H groups in total. The molecule has 0 bridgehead atoms. The first-order valence-electron chi connectivity index (χ1n) is 6.59. The van der Waals surface area contributed by atoms with Crippen molar-refractivity contribution in [2.24, 2.45) is 0 Å². The average Bonchev–Trinajstić information content (AvgIpc) is 2.42. The van der Waals surface area contributed by atoms with Crippen molar-refractivity contribution in [2.45, 2.75) is 25.7 Å². The van der Waals surface area contributed by atoms with Gasteiger partial charge in [0.2, 0.25) is 5.91 Å². The van der Waals surface area contributed by atoms with Gasteiger partial charge < -0.3 is 14.8 Å². The van der Waals surface area contributed by atoms with Crippen LogP contribution in [-0.4, -0.2) is 32.8 Å². The molecule has 108 valence electrons. The summed E-state index contributed by atoms with van der Waals surface area (Å²) in [6, 6.07) is 0. The first kappa shape index (κ1) is 17.4. The number of hydrogen-bond acceptors (Lipinski definition) is 3. The Hall–Kier alpha value is -1.55. The van der Waals surface area contributed by atoms with E-state index < -0.39 is 0 Å². The van der Waals surface area contributed by atoms with Crippen molar-refractivity contribution in [1.29, 1.82) is 0 Å². The summed E-state index contributed by atoms with van der Waals surface area (Å²) in [5.74, 6) is 0.577. The van der Waals surface area contributed by atoms with E-state index in [2.05, 4.69) is 18.5 Å².